The molecule has 33 heavy (non-hydrogen) atoms. The van der Waals surface area contributed by atoms with E-state index in [1.54, 1.807) is 54.1 Å². The fraction of sp³-hybridized carbons (Fsp3) is 0.280. The van der Waals surface area contributed by atoms with Crippen molar-refractivity contribution in [1.29, 1.82) is 0 Å². The molecule has 4 heterocycles. The molecular formula is C25H24N4O4. The molecule has 3 aromatic rings. The third kappa shape index (κ3) is 3.88. The largest absolute Gasteiger partial charge is 0.507 e. The summed E-state index contributed by atoms with van der Waals surface area (Å²) < 4.78 is 7.67. The van der Waals surface area contributed by atoms with E-state index in [2.05, 4.69) is 9.97 Å². The van der Waals surface area contributed by atoms with Gasteiger partial charge in [-0.1, -0.05) is 0 Å². The van der Waals surface area contributed by atoms with Gasteiger partial charge in [-0.3, -0.25) is 14.6 Å². The molecule has 0 spiro atoms. The van der Waals surface area contributed by atoms with E-state index in [0.717, 1.165) is 23.3 Å². The van der Waals surface area contributed by atoms with Gasteiger partial charge >= 0.3 is 0 Å². The Balaban J connectivity index is 1.51. The highest BCUT2D eigenvalue weighted by molar-refractivity contribution is 6.46. The SMILES string of the molecule is C[C@@H]1Cc2cc(C(O)=C3C(=O)C(=O)N(CCCn4ccnc4)[C@@H]3c3ccncc3)ccc2O1. The van der Waals surface area contributed by atoms with Crippen LogP contribution in [0.3, 0.4) is 0 Å². The molecule has 1 saturated heterocycles. The Hall–Kier alpha value is -3.94. The van der Waals surface area contributed by atoms with Crippen molar-refractivity contribution < 1.29 is 19.4 Å². The Bertz CT molecular complexity index is 1220. The summed E-state index contributed by atoms with van der Waals surface area (Å²) in [6, 6.07) is 8.22. The van der Waals surface area contributed by atoms with Crippen LogP contribution in [0.2, 0.25) is 0 Å². The maximum atomic E-state index is 13.1. The molecular weight excluding hydrogens is 420 g/mol. The average molecular weight is 444 g/mol. The molecule has 0 radical (unpaired) electrons. The van der Waals surface area contributed by atoms with Crippen molar-refractivity contribution in [1.82, 2.24) is 19.4 Å². The molecule has 168 valence electrons. The fourth-order valence-electron chi connectivity index (χ4n) is 4.57. The first-order valence-corrected chi connectivity index (χ1v) is 11.0. The van der Waals surface area contributed by atoms with Crippen molar-refractivity contribution in [3.63, 3.8) is 0 Å². The Morgan fingerprint density at radius 1 is 1.12 bits per heavy atom. The first-order valence-electron chi connectivity index (χ1n) is 11.0. The molecule has 2 aromatic heterocycles. The third-order valence-corrected chi connectivity index (χ3v) is 6.11. The number of rotatable bonds is 6. The van der Waals surface area contributed by atoms with Gasteiger partial charge in [0.2, 0.25) is 0 Å². The molecule has 0 unspecified atom stereocenters. The molecule has 8 heteroatoms. The number of Topliss-reactive ketones (excluding diaryl/α,β-unsaturated/α-hetero) is 1. The van der Waals surface area contributed by atoms with Crippen molar-refractivity contribution >= 4 is 17.4 Å². The van der Waals surface area contributed by atoms with Gasteiger partial charge in [-0.25, -0.2) is 4.98 Å². The van der Waals surface area contributed by atoms with Crippen LogP contribution < -0.4 is 4.74 Å². The fourth-order valence-corrected chi connectivity index (χ4v) is 4.57. The van der Waals surface area contributed by atoms with Gasteiger partial charge in [0.1, 0.15) is 17.6 Å². The number of carbonyl (C=O) groups is 2. The second-order valence-electron chi connectivity index (χ2n) is 8.38. The lowest BCUT2D eigenvalue weighted by molar-refractivity contribution is -0.139. The molecule has 8 nitrogen and oxygen atoms in total. The van der Waals surface area contributed by atoms with Crippen LogP contribution in [-0.2, 0) is 22.6 Å². The number of aromatic nitrogens is 3. The number of imidazole rings is 1. The second-order valence-corrected chi connectivity index (χ2v) is 8.38. The van der Waals surface area contributed by atoms with Gasteiger partial charge in [-0.05, 0) is 54.8 Å². The van der Waals surface area contributed by atoms with Crippen molar-refractivity contribution in [2.45, 2.75) is 38.5 Å². The number of benzene rings is 1. The number of aliphatic hydroxyl groups excluding tert-OH is 1. The molecule has 1 aromatic carbocycles. The molecule has 2 aliphatic rings. The molecule has 0 saturated carbocycles. The number of aliphatic hydroxyl groups is 1. The van der Waals surface area contributed by atoms with Crippen LogP contribution in [0.1, 0.15) is 36.1 Å². The maximum Gasteiger partial charge on any atom is 0.295 e. The number of fused-ring (bicyclic) bond motifs is 1. The number of nitrogens with zero attached hydrogens (tertiary/aromatic N) is 4. The highest BCUT2D eigenvalue weighted by Crippen LogP contribution is 2.40. The summed E-state index contributed by atoms with van der Waals surface area (Å²) in [4.78, 5) is 35.8. The minimum atomic E-state index is -0.681. The summed E-state index contributed by atoms with van der Waals surface area (Å²) in [6.45, 7) is 3.01. The highest BCUT2D eigenvalue weighted by atomic mass is 16.5. The summed E-state index contributed by atoms with van der Waals surface area (Å²) in [5.74, 6) is -0.677. The molecule has 1 fully saturated rings. The Labute approximate surface area is 191 Å². The first kappa shape index (κ1) is 20.9. The van der Waals surface area contributed by atoms with Crippen molar-refractivity contribution in [2.75, 3.05) is 6.54 Å². The van der Waals surface area contributed by atoms with E-state index in [1.165, 1.54) is 0 Å². The van der Waals surface area contributed by atoms with Crippen LogP contribution in [0.25, 0.3) is 5.76 Å². The van der Waals surface area contributed by atoms with E-state index in [0.29, 0.717) is 25.1 Å². The van der Waals surface area contributed by atoms with Gasteiger partial charge in [0.15, 0.2) is 0 Å². The number of pyridine rings is 1. The predicted molar refractivity (Wildman–Crippen MR) is 120 cm³/mol. The Kier molecular flexibility index (Phi) is 5.42. The minimum absolute atomic E-state index is 0.0651. The van der Waals surface area contributed by atoms with Crippen LogP contribution in [0.15, 0.2) is 67.0 Å². The molecule has 2 aliphatic heterocycles. The number of ketones is 1. The number of carbonyl (C=O) groups excluding carboxylic acids is 2. The summed E-state index contributed by atoms with van der Waals surface area (Å²) >= 11 is 0. The van der Waals surface area contributed by atoms with Gasteiger partial charge in [-0.15, -0.1) is 0 Å². The van der Waals surface area contributed by atoms with E-state index in [9.17, 15) is 14.7 Å². The molecule has 2 atom stereocenters. The number of likely N-dealkylation sites (tertiary alicyclic amines) is 1. The second kappa shape index (κ2) is 8.54. The summed E-state index contributed by atoms with van der Waals surface area (Å²) in [5, 5.41) is 11.2. The van der Waals surface area contributed by atoms with Gasteiger partial charge in [-0.2, -0.15) is 0 Å². The quantitative estimate of drug-likeness (QED) is 0.356. The number of amides is 1. The standard InChI is InChI=1S/C25H24N4O4/c1-16-13-19-14-18(3-4-20(19)33-16)23(30)21-22(17-5-7-26-8-6-17)29(25(32)24(21)31)11-2-10-28-12-9-27-15-28/h3-9,12,14-16,22,30H,2,10-11,13H2,1H3/t16-,22-/m1/s1. The first-order chi connectivity index (χ1) is 16.0. The normalized spacial score (nSPS) is 21.3. The van der Waals surface area contributed by atoms with E-state index in [-0.39, 0.29) is 17.4 Å². The molecule has 1 N–H and O–H groups in total. The van der Waals surface area contributed by atoms with Crippen molar-refractivity contribution in [3.8, 4) is 5.75 Å². The predicted octanol–water partition coefficient (Wildman–Crippen LogP) is 3.11. The topological polar surface area (TPSA) is 97.6 Å². The molecule has 5 rings (SSSR count). The number of hydrogen-bond donors (Lipinski definition) is 1. The lowest BCUT2D eigenvalue weighted by atomic mass is 9.95. The minimum Gasteiger partial charge on any atom is -0.507 e. The third-order valence-electron chi connectivity index (χ3n) is 6.11. The maximum absolute atomic E-state index is 13.1. The lowest BCUT2D eigenvalue weighted by Gasteiger charge is -2.25. The number of ether oxygens (including phenoxy) is 1. The highest BCUT2D eigenvalue weighted by Gasteiger charge is 2.45. The van der Waals surface area contributed by atoms with E-state index < -0.39 is 17.7 Å². The molecule has 0 bridgehead atoms. The summed E-state index contributed by atoms with van der Waals surface area (Å²) in [6.07, 6.45) is 9.94. The zero-order valence-corrected chi connectivity index (χ0v) is 18.2. The van der Waals surface area contributed by atoms with Crippen LogP contribution >= 0.6 is 0 Å². The van der Waals surface area contributed by atoms with Gasteiger partial charge in [0.25, 0.3) is 11.7 Å². The molecule has 0 aliphatic carbocycles. The van der Waals surface area contributed by atoms with Crippen LogP contribution in [0.4, 0.5) is 0 Å². The smallest absolute Gasteiger partial charge is 0.295 e. The van der Waals surface area contributed by atoms with Gasteiger partial charge in [0.05, 0.1) is 17.9 Å². The monoisotopic (exact) mass is 444 g/mol. The zero-order chi connectivity index (χ0) is 22.9. The Morgan fingerprint density at radius 3 is 2.70 bits per heavy atom. The van der Waals surface area contributed by atoms with Gasteiger partial charge in [0, 0.05) is 49.9 Å². The van der Waals surface area contributed by atoms with Crippen molar-refractivity contribution in [3.05, 3.63) is 83.7 Å². The summed E-state index contributed by atoms with van der Waals surface area (Å²) in [7, 11) is 0. The summed E-state index contributed by atoms with van der Waals surface area (Å²) in [5.41, 5.74) is 2.30. The Morgan fingerprint density at radius 2 is 1.94 bits per heavy atom. The lowest BCUT2D eigenvalue weighted by Crippen LogP contribution is -2.31. The molecule has 1 amide bonds. The van der Waals surface area contributed by atoms with Crippen molar-refractivity contribution in [2.24, 2.45) is 0 Å². The van der Waals surface area contributed by atoms with Crippen LogP contribution in [0, 0.1) is 0 Å². The zero-order valence-electron chi connectivity index (χ0n) is 18.2. The van der Waals surface area contributed by atoms with E-state index in [4.69, 9.17) is 4.74 Å². The number of hydrogen-bond acceptors (Lipinski definition) is 6. The van der Waals surface area contributed by atoms with E-state index in [1.807, 2.05) is 23.8 Å². The number of aryl methyl sites for hydroxylation is 1. The van der Waals surface area contributed by atoms with E-state index >= 15 is 0 Å². The van der Waals surface area contributed by atoms with Gasteiger partial charge < -0.3 is 19.3 Å². The van der Waals surface area contributed by atoms with Crippen LogP contribution in [0.5, 0.6) is 5.75 Å². The van der Waals surface area contributed by atoms with Crippen LogP contribution in [-0.4, -0.2) is 48.9 Å². The average Bonchev–Trinajstić information content (AvgIpc) is 3.53.